The number of methoxy groups -OCH3 is 1. The van der Waals surface area contributed by atoms with Crippen molar-refractivity contribution in [1.82, 2.24) is 20.0 Å². The minimum Gasteiger partial charge on any atom is -0.508 e. The van der Waals surface area contributed by atoms with Gasteiger partial charge in [-0.05, 0) is 112 Å². The van der Waals surface area contributed by atoms with Crippen LogP contribution in [0.25, 0.3) is 0 Å². The second-order valence-electron chi connectivity index (χ2n) is 18.6. The van der Waals surface area contributed by atoms with Crippen LogP contribution in [0.15, 0.2) is 54.6 Å². The highest BCUT2D eigenvalue weighted by atomic mass is 19.1. The van der Waals surface area contributed by atoms with Crippen LogP contribution in [-0.2, 0) is 20.9 Å². The fraction of sp³-hybridized carbons (Fsp3) is 0.532. The van der Waals surface area contributed by atoms with Crippen LogP contribution in [0, 0.1) is 23.1 Å². The Morgan fingerprint density at radius 2 is 1.38 bits per heavy atom. The second kappa shape index (κ2) is 16.6. The molecular weight excluding hydrogens is 778 g/mol. The monoisotopic (exact) mass is 835 g/mol. The summed E-state index contributed by atoms with van der Waals surface area (Å²) in [7, 11) is 1.60. The number of fused-ring (bicyclic) bond motifs is 1. The van der Waals surface area contributed by atoms with Crippen molar-refractivity contribution in [3.63, 3.8) is 0 Å². The van der Waals surface area contributed by atoms with E-state index in [1.54, 1.807) is 53.3 Å². The van der Waals surface area contributed by atoms with Crippen LogP contribution in [0.5, 0.6) is 11.5 Å². The van der Waals surface area contributed by atoms with Gasteiger partial charge in [-0.15, -0.1) is 0 Å². The SMILES string of the molecule is COc1cc(N2CCC(CN3CCN(CC4CCN(c5ccc6c(c5)CN(C5CCC(=O)NC5=O)C6=O)CC4)CC3)CC2)c(F)cc1[C@@H]1N(c2ccc(O)cc2)C(=O)C1(C)C. The third-order valence-corrected chi connectivity index (χ3v) is 14.4. The number of halogens is 1. The van der Waals surface area contributed by atoms with E-state index >= 15 is 4.39 Å². The number of piperidine rings is 3. The van der Waals surface area contributed by atoms with Gasteiger partial charge in [-0.25, -0.2) is 4.39 Å². The van der Waals surface area contributed by atoms with Crippen LogP contribution in [0.1, 0.15) is 79.9 Å². The molecule has 1 unspecified atom stereocenters. The molecule has 5 saturated heterocycles. The van der Waals surface area contributed by atoms with Crippen LogP contribution >= 0.6 is 0 Å². The predicted molar refractivity (Wildman–Crippen MR) is 230 cm³/mol. The zero-order valence-electron chi connectivity index (χ0n) is 35.6. The Labute approximate surface area is 357 Å². The molecule has 6 aliphatic heterocycles. The van der Waals surface area contributed by atoms with E-state index in [-0.39, 0.29) is 41.6 Å². The van der Waals surface area contributed by atoms with Crippen molar-refractivity contribution in [2.45, 2.75) is 71.0 Å². The molecule has 0 aromatic heterocycles. The number of piperazine rings is 1. The molecular formula is C47H58FN7O6. The Kier molecular flexibility index (Phi) is 11.2. The number of carbonyl (C=O) groups excluding carboxylic acids is 4. The van der Waals surface area contributed by atoms with E-state index in [0.717, 1.165) is 102 Å². The molecule has 9 rings (SSSR count). The number of benzene rings is 3. The summed E-state index contributed by atoms with van der Waals surface area (Å²) in [6.45, 7) is 14.1. The third kappa shape index (κ3) is 7.93. The summed E-state index contributed by atoms with van der Waals surface area (Å²) in [5.74, 6) is 0.741. The number of nitrogens with one attached hydrogen (secondary N) is 1. The number of phenols is 1. The van der Waals surface area contributed by atoms with E-state index in [9.17, 15) is 24.3 Å². The molecule has 0 bridgehead atoms. The fourth-order valence-corrected chi connectivity index (χ4v) is 10.8. The van der Waals surface area contributed by atoms with Crippen molar-refractivity contribution in [3.05, 3.63) is 77.1 Å². The fourth-order valence-electron chi connectivity index (χ4n) is 10.8. The van der Waals surface area contributed by atoms with E-state index in [0.29, 0.717) is 53.1 Å². The van der Waals surface area contributed by atoms with Gasteiger partial charge in [0.2, 0.25) is 17.7 Å². The maximum atomic E-state index is 16.0. The number of β-lactam (4-membered cyclic amide) rings is 1. The van der Waals surface area contributed by atoms with E-state index in [1.807, 2.05) is 26.0 Å². The molecule has 4 amide bonds. The lowest BCUT2D eigenvalue weighted by molar-refractivity contribution is -0.138. The molecule has 324 valence electrons. The van der Waals surface area contributed by atoms with Gasteiger partial charge in [-0.1, -0.05) is 0 Å². The molecule has 0 saturated carbocycles. The van der Waals surface area contributed by atoms with Gasteiger partial charge in [-0.2, -0.15) is 0 Å². The number of anilines is 3. The van der Waals surface area contributed by atoms with Crippen molar-refractivity contribution >= 4 is 40.7 Å². The molecule has 2 atom stereocenters. The maximum Gasteiger partial charge on any atom is 0.255 e. The average Bonchev–Trinajstić information content (AvgIpc) is 3.58. The summed E-state index contributed by atoms with van der Waals surface area (Å²) in [6.07, 6.45) is 4.88. The van der Waals surface area contributed by atoms with Crippen molar-refractivity contribution in [2.75, 3.05) is 87.3 Å². The number of hydrogen-bond donors (Lipinski definition) is 2. The lowest BCUT2D eigenvalue weighted by atomic mass is 9.70. The van der Waals surface area contributed by atoms with Gasteiger partial charge in [0.1, 0.15) is 23.4 Å². The highest BCUT2D eigenvalue weighted by Gasteiger charge is 2.56. The molecule has 6 heterocycles. The summed E-state index contributed by atoms with van der Waals surface area (Å²) in [6, 6.07) is 14.9. The summed E-state index contributed by atoms with van der Waals surface area (Å²) in [5.41, 5.74) is 3.82. The van der Waals surface area contributed by atoms with Gasteiger partial charge < -0.3 is 39.2 Å². The van der Waals surface area contributed by atoms with E-state index in [1.165, 1.54) is 0 Å². The first-order chi connectivity index (χ1) is 29.4. The van der Waals surface area contributed by atoms with Gasteiger partial charge in [0.25, 0.3) is 5.91 Å². The van der Waals surface area contributed by atoms with Crippen LogP contribution in [-0.4, -0.2) is 122 Å². The van der Waals surface area contributed by atoms with Crippen molar-refractivity contribution in [2.24, 2.45) is 17.3 Å². The first kappa shape index (κ1) is 41.2. The third-order valence-electron chi connectivity index (χ3n) is 14.4. The minimum atomic E-state index is -0.746. The predicted octanol–water partition coefficient (Wildman–Crippen LogP) is 5.17. The number of ether oxygens (including phenoxy) is 1. The number of rotatable bonds is 10. The quantitative estimate of drug-likeness (QED) is 0.209. The molecule has 6 aliphatic rings. The number of carbonyl (C=O) groups is 4. The summed E-state index contributed by atoms with van der Waals surface area (Å²) in [5, 5.41) is 12.2. The second-order valence-corrected chi connectivity index (χ2v) is 18.6. The molecule has 13 nitrogen and oxygen atoms in total. The summed E-state index contributed by atoms with van der Waals surface area (Å²) in [4.78, 5) is 63.6. The zero-order chi connectivity index (χ0) is 42.6. The average molecular weight is 836 g/mol. The first-order valence-electron chi connectivity index (χ1n) is 22.1. The smallest absolute Gasteiger partial charge is 0.255 e. The van der Waals surface area contributed by atoms with Gasteiger partial charge >= 0.3 is 0 Å². The number of phenolic OH excluding ortho intramolecular Hbond substituents is 1. The Morgan fingerprint density at radius 1 is 0.770 bits per heavy atom. The van der Waals surface area contributed by atoms with Crippen LogP contribution in [0.4, 0.5) is 21.5 Å². The van der Waals surface area contributed by atoms with E-state index < -0.39 is 17.5 Å². The number of amides is 4. The van der Waals surface area contributed by atoms with E-state index in [2.05, 4.69) is 31.0 Å². The Hall–Kier alpha value is -5.21. The number of nitrogens with zero attached hydrogens (tertiary/aromatic N) is 6. The van der Waals surface area contributed by atoms with Gasteiger partial charge in [0, 0.05) is 107 Å². The van der Waals surface area contributed by atoms with Crippen molar-refractivity contribution in [3.8, 4) is 11.5 Å². The molecule has 5 fully saturated rings. The molecule has 3 aromatic carbocycles. The van der Waals surface area contributed by atoms with Crippen molar-refractivity contribution < 1.29 is 33.4 Å². The molecule has 0 spiro atoms. The lowest BCUT2D eigenvalue weighted by Crippen LogP contribution is -2.61. The Morgan fingerprint density at radius 3 is 1.98 bits per heavy atom. The molecule has 0 aliphatic carbocycles. The van der Waals surface area contributed by atoms with Crippen LogP contribution in [0.3, 0.4) is 0 Å². The summed E-state index contributed by atoms with van der Waals surface area (Å²) >= 11 is 0. The first-order valence-corrected chi connectivity index (χ1v) is 22.1. The molecule has 3 aromatic rings. The van der Waals surface area contributed by atoms with Gasteiger partial charge in [-0.3, -0.25) is 24.5 Å². The normalized spacial score (nSPS) is 24.3. The minimum absolute atomic E-state index is 0.0619. The number of imide groups is 1. The Balaban J connectivity index is 0.721. The Bertz CT molecular complexity index is 2180. The zero-order valence-corrected chi connectivity index (χ0v) is 35.6. The van der Waals surface area contributed by atoms with Crippen molar-refractivity contribution in [1.29, 1.82) is 0 Å². The van der Waals surface area contributed by atoms with E-state index in [4.69, 9.17) is 4.74 Å². The standard InChI is InChI=1S/C47H58FN7O6/c1-47(2)43(55(46(47)60)33-4-7-35(56)8-5-33)37-25-38(48)40(26-41(37)61-3)53-18-14-31(15-19-53)28-51-22-20-50(21-23-51)27-30-12-16-52(17-13-30)34-6-9-36-32(24-34)29-54(45(36)59)39-10-11-42(57)49-44(39)58/h4-9,24-26,30-31,39,43,56H,10-23,27-29H2,1-3H3,(H,49,57,58)/t39?,43-/m0/s1. The van der Waals surface area contributed by atoms with Crippen LogP contribution < -0.4 is 24.8 Å². The molecule has 14 heteroatoms. The highest BCUT2D eigenvalue weighted by molar-refractivity contribution is 6.06. The highest BCUT2D eigenvalue weighted by Crippen LogP contribution is 2.54. The van der Waals surface area contributed by atoms with Gasteiger partial charge in [0.15, 0.2) is 0 Å². The van der Waals surface area contributed by atoms with Crippen LogP contribution in [0.2, 0.25) is 0 Å². The molecule has 2 N–H and O–H groups in total. The molecule has 61 heavy (non-hydrogen) atoms. The maximum absolute atomic E-state index is 16.0. The topological polar surface area (TPSA) is 129 Å². The largest absolute Gasteiger partial charge is 0.508 e. The lowest BCUT2D eigenvalue weighted by Gasteiger charge is -2.53. The molecule has 0 radical (unpaired) electrons. The number of hydrogen-bond acceptors (Lipinski definition) is 10. The number of aromatic hydroxyl groups is 1. The van der Waals surface area contributed by atoms with Gasteiger partial charge in [0.05, 0.1) is 24.3 Å². The summed E-state index contributed by atoms with van der Waals surface area (Å²) < 4.78 is 21.9.